The summed E-state index contributed by atoms with van der Waals surface area (Å²) < 4.78 is 7.43. The highest BCUT2D eigenvalue weighted by Gasteiger charge is 2.54. The van der Waals surface area contributed by atoms with E-state index in [1.54, 1.807) is 19.3 Å². The molecule has 2 fully saturated rings. The summed E-state index contributed by atoms with van der Waals surface area (Å²) in [7, 11) is 0. The van der Waals surface area contributed by atoms with Crippen LogP contribution in [0.5, 0.6) is 0 Å². The Morgan fingerprint density at radius 1 is 1.28 bits per heavy atom. The van der Waals surface area contributed by atoms with Gasteiger partial charge in [0.05, 0.1) is 6.04 Å². The Hall–Kier alpha value is -3.45. The number of aliphatic hydroxyl groups excluding tert-OH is 1. The van der Waals surface area contributed by atoms with Crippen LogP contribution in [0.1, 0.15) is 49.0 Å². The van der Waals surface area contributed by atoms with Crippen molar-refractivity contribution in [3.63, 3.8) is 0 Å². The number of aliphatic carboxylic acids is 1. The number of likely N-dealkylation sites (tertiary alicyclic amines) is 1. The Labute approximate surface area is 209 Å². The molecule has 3 aromatic rings. The number of aliphatic hydroxyl groups is 1. The number of imidazole rings is 1. The summed E-state index contributed by atoms with van der Waals surface area (Å²) in [4.78, 5) is 17.3. The predicted octanol–water partition coefficient (Wildman–Crippen LogP) is 2.53. The van der Waals surface area contributed by atoms with E-state index in [0.717, 1.165) is 30.8 Å². The second-order valence-electron chi connectivity index (χ2n) is 9.69. The molecule has 36 heavy (non-hydrogen) atoms. The van der Waals surface area contributed by atoms with Crippen LogP contribution < -0.4 is 5.73 Å². The van der Waals surface area contributed by atoms with E-state index in [9.17, 15) is 9.90 Å². The van der Waals surface area contributed by atoms with Gasteiger partial charge in [-0.15, -0.1) is 0 Å². The predicted molar refractivity (Wildman–Crippen MR) is 133 cm³/mol. The molecule has 1 saturated heterocycles. The van der Waals surface area contributed by atoms with Gasteiger partial charge in [0, 0.05) is 61.6 Å². The first-order valence-corrected chi connectivity index (χ1v) is 12.4. The third kappa shape index (κ3) is 5.07. The maximum Gasteiger partial charge on any atom is 0.303 e. The monoisotopic (exact) mass is 489 g/mol. The highest BCUT2D eigenvalue weighted by atomic mass is 16.5. The number of carbonyl (C=O) groups is 1. The Kier molecular flexibility index (Phi) is 6.92. The molecule has 0 unspecified atom stereocenters. The zero-order chi connectivity index (χ0) is 25.2. The van der Waals surface area contributed by atoms with Gasteiger partial charge in [-0.3, -0.25) is 4.79 Å². The molecule has 5 atom stereocenters. The van der Waals surface area contributed by atoms with Crippen molar-refractivity contribution in [3.8, 4) is 23.2 Å². The van der Waals surface area contributed by atoms with Crippen molar-refractivity contribution in [1.82, 2.24) is 19.6 Å². The third-order valence-corrected chi connectivity index (χ3v) is 7.19. The summed E-state index contributed by atoms with van der Waals surface area (Å²) in [5, 5.41) is 23.0. The second kappa shape index (κ2) is 10.3. The second-order valence-corrected chi connectivity index (χ2v) is 9.69. The molecule has 0 bridgehead atoms. The first-order chi connectivity index (χ1) is 17.4. The lowest BCUT2D eigenvalue weighted by Crippen LogP contribution is -2.25. The number of piperidine rings is 1. The maximum atomic E-state index is 10.7. The lowest BCUT2D eigenvalue weighted by atomic mass is 10.1. The molecule has 2 aromatic heterocycles. The maximum absolute atomic E-state index is 10.7. The van der Waals surface area contributed by atoms with Crippen LogP contribution in [0.15, 0.2) is 47.2 Å². The number of hydrogen-bond donors (Lipinski definition) is 3. The Morgan fingerprint density at radius 2 is 2.03 bits per heavy atom. The van der Waals surface area contributed by atoms with Gasteiger partial charge in [0.1, 0.15) is 17.6 Å². The fourth-order valence-electron chi connectivity index (χ4n) is 5.22. The van der Waals surface area contributed by atoms with E-state index >= 15 is 0 Å². The van der Waals surface area contributed by atoms with Crippen LogP contribution in [0.2, 0.25) is 0 Å². The van der Waals surface area contributed by atoms with Gasteiger partial charge in [-0.05, 0) is 56.0 Å². The molecule has 9 nitrogen and oxygen atoms in total. The van der Waals surface area contributed by atoms with E-state index in [1.807, 2.05) is 34.9 Å². The molecule has 2 aliphatic rings. The van der Waals surface area contributed by atoms with Gasteiger partial charge in [-0.1, -0.05) is 17.0 Å². The molecular weight excluding hydrogens is 458 g/mol. The number of rotatable bonds is 9. The van der Waals surface area contributed by atoms with Gasteiger partial charge in [0.2, 0.25) is 0 Å². The molecule has 188 valence electrons. The van der Waals surface area contributed by atoms with Crippen molar-refractivity contribution in [2.45, 2.75) is 31.9 Å². The minimum Gasteiger partial charge on any atom is -0.481 e. The topological polar surface area (TPSA) is 131 Å². The van der Waals surface area contributed by atoms with Gasteiger partial charge >= 0.3 is 5.97 Å². The van der Waals surface area contributed by atoms with Gasteiger partial charge in [0.25, 0.3) is 0 Å². The summed E-state index contributed by atoms with van der Waals surface area (Å²) in [5.74, 6) is 8.88. The Bertz CT molecular complexity index is 1260. The number of fused-ring (bicyclic) bond motifs is 1. The lowest BCUT2D eigenvalue weighted by Gasteiger charge is -2.17. The Balaban J connectivity index is 1.18. The van der Waals surface area contributed by atoms with E-state index < -0.39 is 12.1 Å². The molecule has 0 spiro atoms. The largest absolute Gasteiger partial charge is 0.481 e. The fraction of sp³-hybridized carbons (Fsp3) is 0.444. The van der Waals surface area contributed by atoms with Crippen LogP contribution in [-0.4, -0.2) is 62.0 Å². The highest BCUT2D eigenvalue weighted by molar-refractivity contribution is 5.66. The van der Waals surface area contributed by atoms with Crippen molar-refractivity contribution in [1.29, 1.82) is 0 Å². The van der Waals surface area contributed by atoms with Crippen molar-refractivity contribution >= 4 is 5.97 Å². The van der Waals surface area contributed by atoms with Crippen LogP contribution >= 0.6 is 0 Å². The molecule has 5 rings (SSSR count). The number of aromatic nitrogens is 3. The van der Waals surface area contributed by atoms with Crippen molar-refractivity contribution in [3.05, 3.63) is 59.8 Å². The van der Waals surface area contributed by atoms with E-state index in [-0.39, 0.29) is 12.5 Å². The summed E-state index contributed by atoms with van der Waals surface area (Å²) in [6, 6.07) is 9.51. The molecule has 4 N–H and O–H groups in total. The quantitative estimate of drug-likeness (QED) is 0.391. The normalized spacial score (nSPS) is 22.5. The standard InChI is InChI=1S/C27H31N5O4/c1-17(33)27-29-10-12-32(27)24(14-28)23-13-25(36-30-23)19-7-4-18(5-8-19)6-9-20-21-15-31(16-22(20)21)11-2-3-26(34)35/h4-5,7-8,10,12-13,17,20-22,24,33H,2-3,11,14-16,28H2,1H3,(H,34,35)/t17-,20-,21-,22+,24+/m0/s1. The molecular formula is C27H31N5O4. The molecule has 1 aliphatic heterocycles. The van der Waals surface area contributed by atoms with Gasteiger partial charge in [-0.25, -0.2) is 4.98 Å². The van der Waals surface area contributed by atoms with Crippen LogP contribution in [0.4, 0.5) is 0 Å². The minimum atomic E-state index is -0.724. The van der Waals surface area contributed by atoms with Crippen LogP contribution in [0.25, 0.3) is 11.3 Å². The summed E-state index contributed by atoms with van der Waals surface area (Å²) in [5.41, 5.74) is 8.55. The van der Waals surface area contributed by atoms with Crippen LogP contribution in [0, 0.1) is 29.6 Å². The molecule has 1 aromatic carbocycles. The van der Waals surface area contributed by atoms with Gasteiger partial charge < -0.3 is 29.9 Å². The summed E-state index contributed by atoms with van der Waals surface area (Å²) in [6.45, 7) is 4.87. The SMILES string of the molecule is C[C@H](O)c1nccn1[C@H](CN)c1cc(-c2ccc(C#C[C@@H]3[C@H]4CN(CCCC(=O)O)C[C@@H]34)cc2)on1. The number of hydrogen-bond acceptors (Lipinski definition) is 7. The van der Waals surface area contributed by atoms with Crippen molar-refractivity contribution < 1.29 is 19.5 Å². The highest BCUT2D eigenvalue weighted by Crippen LogP contribution is 2.51. The van der Waals surface area contributed by atoms with E-state index in [4.69, 9.17) is 15.4 Å². The summed E-state index contributed by atoms with van der Waals surface area (Å²) in [6.07, 6.45) is 3.66. The van der Waals surface area contributed by atoms with E-state index in [0.29, 0.717) is 48.0 Å². The lowest BCUT2D eigenvalue weighted by molar-refractivity contribution is -0.137. The van der Waals surface area contributed by atoms with Crippen LogP contribution in [0.3, 0.4) is 0 Å². The average Bonchev–Trinajstić information content (AvgIpc) is 3.36. The van der Waals surface area contributed by atoms with Crippen molar-refractivity contribution in [2.24, 2.45) is 23.5 Å². The number of carboxylic acids is 1. The minimum absolute atomic E-state index is 0.239. The molecule has 1 saturated carbocycles. The molecule has 9 heteroatoms. The summed E-state index contributed by atoms with van der Waals surface area (Å²) >= 11 is 0. The number of nitrogens with zero attached hydrogens (tertiary/aromatic N) is 4. The first-order valence-electron chi connectivity index (χ1n) is 12.4. The molecule has 3 heterocycles. The van der Waals surface area contributed by atoms with Crippen LogP contribution in [-0.2, 0) is 4.79 Å². The molecule has 0 radical (unpaired) electrons. The molecule has 1 aliphatic carbocycles. The Morgan fingerprint density at radius 3 is 2.69 bits per heavy atom. The van der Waals surface area contributed by atoms with E-state index in [1.165, 1.54) is 0 Å². The van der Waals surface area contributed by atoms with Gasteiger partial charge in [-0.2, -0.15) is 0 Å². The molecule has 0 amide bonds. The zero-order valence-corrected chi connectivity index (χ0v) is 20.2. The number of benzene rings is 1. The van der Waals surface area contributed by atoms with E-state index in [2.05, 4.69) is 26.9 Å². The number of carboxylic acid groups (broad SMARTS) is 1. The smallest absolute Gasteiger partial charge is 0.303 e. The first kappa shape index (κ1) is 24.3. The van der Waals surface area contributed by atoms with Gasteiger partial charge in [0.15, 0.2) is 5.76 Å². The average molecular weight is 490 g/mol. The third-order valence-electron chi connectivity index (χ3n) is 7.19. The fourth-order valence-corrected chi connectivity index (χ4v) is 5.22. The van der Waals surface area contributed by atoms with Crippen molar-refractivity contribution in [2.75, 3.05) is 26.2 Å². The zero-order valence-electron chi connectivity index (χ0n) is 20.2. The number of nitrogens with two attached hydrogens (primary N) is 1.